The van der Waals surface area contributed by atoms with Crippen LogP contribution < -0.4 is 11.1 Å². The Labute approximate surface area is 127 Å². The van der Waals surface area contributed by atoms with Gasteiger partial charge in [0.05, 0.1) is 12.6 Å². The molecule has 2 rings (SSSR count). The van der Waals surface area contributed by atoms with Gasteiger partial charge in [0.1, 0.15) is 0 Å². The van der Waals surface area contributed by atoms with Crippen LogP contribution in [0.1, 0.15) is 43.4 Å². The average Bonchev–Trinajstić information content (AvgIpc) is 2.82. The van der Waals surface area contributed by atoms with Gasteiger partial charge in [0.15, 0.2) is 0 Å². The number of amides is 1. The number of hydrogen-bond acceptors (Lipinski definition) is 3. The molecule has 1 aromatic heterocycles. The summed E-state index contributed by atoms with van der Waals surface area (Å²) in [6, 6.07) is 1.63. The summed E-state index contributed by atoms with van der Waals surface area (Å²) in [5, 5.41) is 4.94. The monoisotopic (exact) mass is 344 g/mol. The van der Waals surface area contributed by atoms with Gasteiger partial charge >= 0.3 is 0 Å². The van der Waals surface area contributed by atoms with Gasteiger partial charge in [-0.25, -0.2) is 0 Å². The van der Waals surface area contributed by atoms with E-state index in [1.54, 1.807) is 11.3 Å². The minimum Gasteiger partial charge on any atom is -0.350 e. The van der Waals surface area contributed by atoms with Crippen molar-refractivity contribution in [3.05, 3.63) is 20.8 Å². The number of nitrogens with two attached hydrogens (primary N) is 1. The van der Waals surface area contributed by atoms with Crippen LogP contribution in [0.5, 0.6) is 0 Å². The lowest BCUT2D eigenvalue weighted by molar-refractivity contribution is -0.122. The lowest BCUT2D eigenvalue weighted by Gasteiger charge is -2.24. The molecule has 0 aromatic carbocycles. The second kappa shape index (κ2) is 7.41. The molecule has 1 heterocycles. The maximum absolute atomic E-state index is 12.0. The van der Waals surface area contributed by atoms with Gasteiger partial charge in [-0.05, 0) is 39.7 Å². The molecule has 1 saturated carbocycles. The fourth-order valence-electron chi connectivity index (χ4n) is 2.64. The molecule has 1 amide bonds. The summed E-state index contributed by atoms with van der Waals surface area (Å²) in [7, 11) is 0. The second-order valence-corrected chi connectivity index (χ2v) is 7.11. The van der Waals surface area contributed by atoms with Crippen LogP contribution in [0.3, 0.4) is 0 Å². The Morgan fingerprint density at radius 1 is 1.47 bits per heavy atom. The van der Waals surface area contributed by atoms with Gasteiger partial charge in [-0.1, -0.05) is 32.1 Å². The molecule has 1 aliphatic rings. The number of carbonyl (C=O) groups is 1. The van der Waals surface area contributed by atoms with E-state index >= 15 is 0 Å². The van der Waals surface area contributed by atoms with Crippen molar-refractivity contribution in [1.82, 2.24) is 5.32 Å². The Hall–Kier alpha value is -0.390. The molecule has 1 aliphatic carbocycles. The lowest BCUT2D eigenvalue weighted by atomic mass is 9.85. The highest BCUT2D eigenvalue weighted by Gasteiger charge is 2.21. The molecule has 0 radical (unpaired) electrons. The van der Waals surface area contributed by atoms with Crippen LogP contribution in [0.4, 0.5) is 0 Å². The molecule has 106 valence electrons. The number of thiophene rings is 1. The second-order valence-electron chi connectivity index (χ2n) is 5.26. The van der Waals surface area contributed by atoms with Crippen molar-refractivity contribution in [2.75, 3.05) is 0 Å². The van der Waals surface area contributed by atoms with E-state index < -0.39 is 0 Å². The molecular weight excluding hydrogens is 324 g/mol. The standard InChI is InChI=1S/C14H21BrN2OS/c15-11-6-7-19-13(11)9-17-14(18)12(16)8-10-4-2-1-3-5-10/h6-7,10,12H,1-5,8-9,16H2,(H,17,18). The van der Waals surface area contributed by atoms with E-state index in [1.165, 1.54) is 32.1 Å². The van der Waals surface area contributed by atoms with Gasteiger partial charge in [0, 0.05) is 9.35 Å². The van der Waals surface area contributed by atoms with Crippen LogP contribution in [-0.4, -0.2) is 11.9 Å². The summed E-state index contributed by atoms with van der Waals surface area (Å²) in [6.45, 7) is 0.565. The largest absolute Gasteiger partial charge is 0.350 e. The molecule has 1 unspecified atom stereocenters. The third-order valence-corrected chi connectivity index (χ3v) is 5.69. The van der Waals surface area contributed by atoms with Crippen LogP contribution in [0.25, 0.3) is 0 Å². The fraction of sp³-hybridized carbons (Fsp3) is 0.643. The zero-order chi connectivity index (χ0) is 13.7. The van der Waals surface area contributed by atoms with Crippen LogP contribution in [0.2, 0.25) is 0 Å². The van der Waals surface area contributed by atoms with Crippen molar-refractivity contribution in [1.29, 1.82) is 0 Å². The number of hydrogen-bond donors (Lipinski definition) is 2. The smallest absolute Gasteiger partial charge is 0.237 e. The van der Waals surface area contributed by atoms with Crippen LogP contribution in [0, 0.1) is 5.92 Å². The fourth-order valence-corrected chi connectivity index (χ4v) is 4.07. The minimum absolute atomic E-state index is 0.0223. The van der Waals surface area contributed by atoms with Crippen molar-refractivity contribution >= 4 is 33.2 Å². The Bertz CT molecular complexity index is 415. The van der Waals surface area contributed by atoms with Crippen molar-refractivity contribution in [2.24, 2.45) is 11.7 Å². The first kappa shape index (κ1) is 15.0. The molecule has 0 bridgehead atoms. The topological polar surface area (TPSA) is 55.1 Å². The van der Waals surface area contributed by atoms with E-state index in [-0.39, 0.29) is 11.9 Å². The molecule has 0 spiro atoms. The number of halogens is 1. The normalized spacial score (nSPS) is 18.2. The van der Waals surface area contributed by atoms with E-state index in [9.17, 15) is 4.79 Å². The molecule has 0 saturated heterocycles. The zero-order valence-electron chi connectivity index (χ0n) is 11.0. The Morgan fingerprint density at radius 2 is 2.21 bits per heavy atom. The van der Waals surface area contributed by atoms with E-state index in [0.29, 0.717) is 12.5 Å². The van der Waals surface area contributed by atoms with E-state index in [2.05, 4.69) is 21.2 Å². The van der Waals surface area contributed by atoms with Gasteiger partial charge in [0.2, 0.25) is 5.91 Å². The van der Waals surface area contributed by atoms with Crippen LogP contribution in [-0.2, 0) is 11.3 Å². The van der Waals surface area contributed by atoms with Crippen LogP contribution >= 0.6 is 27.3 Å². The summed E-state index contributed by atoms with van der Waals surface area (Å²) in [4.78, 5) is 13.1. The van der Waals surface area contributed by atoms with Crippen LogP contribution in [0.15, 0.2) is 15.9 Å². The quantitative estimate of drug-likeness (QED) is 0.859. The number of carbonyl (C=O) groups excluding carboxylic acids is 1. The summed E-state index contributed by atoms with van der Waals surface area (Å²) >= 11 is 5.10. The van der Waals surface area contributed by atoms with Gasteiger partial charge < -0.3 is 11.1 Å². The summed E-state index contributed by atoms with van der Waals surface area (Å²) in [6.07, 6.45) is 7.22. The van der Waals surface area contributed by atoms with Gasteiger partial charge in [0.25, 0.3) is 0 Å². The van der Waals surface area contributed by atoms with E-state index in [1.807, 2.05) is 11.4 Å². The highest BCUT2D eigenvalue weighted by Crippen LogP contribution is 2.27. The van der Waals surface area contributed by atoms with Gasteiger partial charge in [-0.3, -0.25) is 4.79 Å². The zero-order valence-corrected chi connectivity index (χ0v) is 13.4. The van der Waals surface area contributed by atoms with Gasteiger partial charge in [-0.15, -0.1) is 11.3 Å². The van der Waals surface area contributed by atoms with E-state index in [0.717, 1.165) is 15.8 Å². The predicted octanol–water partition coefficient (Wildman–Crippen LogP) is 3.42. The third kappa shape index (κ3) is 4.58. The predicted molar refractivity (Wildman–Crippen MR) is 83.0 cm³/mol. The SMILES string of the molecule is NC(CC1CCCCC1)C(=O)NCc1sccc1Br. The maximum atomic E-state index is 12.0. The Morgan fingerprint density at radius 3 is 2.84 bits per heavy atom. The molecule has 3 nitrogen and oxygen atoms in total. The molecule has 3 N–H and O–H groups in total. The lowest BCUT2D eigenvalue weighted by Crippen LogP contribution is -2.41. The molecule has 1 aromatic rings. The van der Waals surface area contributed by atoms with Gasteiger partial charge in [-0.2, -0.15) is 0 Å². The van der Waals surface area contributed by atoms with Crippen molar-refractivity contribution in [3.63, 3.8) is 0 Å². The highest BCUT2D eigenvalue weighted by atomic mass is 79.9. The number of nitrogens with one attached hydrogen (secondary N) is 1. The molecule has 19 heavy (non-hydrogen) atoms. The maximum Gasteiger partial charge on any atom is 0.237 e. The third-order valence-electron chi connectivity index (χ3n) is 3.76. The minimum atomic E-state index is -0.359. The molecule has 1 atom stereocenters. The first-order valence-corrected chi connectivity index (χ1v) is 8.59. The molecule has 5 heteroatoms. The average molecular weight is 345 g/mol. The number of rotatable bonds is 5. The first-order chi connectivity index (χ1) is 9.16. The molecule has 0 aliphatic heterocycles. The summed E-state index contributed by atoms with van der Waals surface area (Å²) in [5.74, 6) is 0.619. The summed E-state index contributed by atoms with van der Waals surface area (Å²) in [5.41, 5.74) is 6.01. The molecule has 1 fully saturated rings. The first-order valence-electron chi connectivity index (χ1n) is 6.92. The van der Waals surface area contributed by atoms with Crippen molar-refractivity contribution < 1.29 is 4.79 Å². The van der Waals surface area contributed by atoms with E-state index in [4.69, 9.17) is 5.73 Å². The van der Waals surface area contributed by atoms with Crippen molar-refractivity contribution in [3.8, 4) is 0 Å². The Balaban J connectivity index is 1.74. The molecular formula is C14H21BrN2OS. The highest BCUT2D eigenvalue weighted by molar-refractivity contribution is 9.10. The van der Waals surface area contributed by atoms with Crippen molar-refractivity contribution in [2.45, 2.75) is 51.1 Å². The Kier molecular flexibility index (Phi) is 5.85. The summed E-state index contributed by atoms with van der Waals surface area (Å²) < 4.78 is 1.05.